The van der Waals surface area contributed by atoms with Crippen molar-refractivity contribution in [3.8, 4) is 11.5 Å². The maximum atomic E-state index is 12.2. The fraction of sp³-hybridized carbons (Fsp3) is 0.364. The Morgan fingerprint density at radius 3 is 2.69 bits per heavy atom. The normalized spacial score (nSPS) is 13.4. The molecular weight excluding hydrogens is 370 g/mol. The number of benzene rings is 2. The molecule has 1 aliphatic rings. The van der Waals surface area contributed by atoms with Crippen LogP contribution in [0.15, 0.2) is 42.5 Å². The number of carbonyl (C=O) groups excluding carboxylic acids is 2. The van der Waals surface area contributed by atoms with E-state index in [-0.39, 0.29) is 12.6 Å². The predicted octanol–water partition coefficient (Wildman–Crippen LogP) is 1.67. The third kappa shape index (κ3) is 5.26. The molecule has 3 rings (SSSR count). The van der Waals surface area contributed by atoms with Crippen LogP contribution in [0, 0.1) is 0 Å². The lowest BCUT2D eigenvalue weighted by atomic mass is 10.0. The number of rotatable bonds is 7. The Hall–Kier alpha value is -3.06. The third-order valence-corrected chi connectivity index (χ3v) is 4.97. The third-order valence-electron chi connectivity index (χ3n) is 4.97. The van der Waals surface area contributed by atoms with Gasteiger partial charge < -0.3 is 25.0 Å². The summed E-state index contributed by atoms with van der Waals surface area (Å²) in [6.45, 7) is 1.29. The molecule has 1 aliphatic heterocycles. The summed E-state index contributed by atoms with van der Waals surface area (Å²) in [6, 6.07) is 13.4. The minimum atomic E-state index is -0.660. The number of nitrogens with one attached hydrogen (secondary N) is 2. The molecule has 0 aromatic heterocycles. The van der Waals surface area contributed by atoms with Crippen LogP contribution in [-0.2, 0) is 22.6 Å². The van der Waals surface area contributed by atoms with Crippen LogP contribution in [-0.4, -0.2) is 51.1 Å². The van der Waals surface area contributed by atoms with Crippen LogP contribution >= 0.6 is 0 Å². The first-order chi connectivity index (χ1) is 14.0. The van der Waals surface area contributed by atoms with E-state index in [1.165, 1.54) is 5.56 Å². The highest BCUT2D eigenvalue weighted by Crippen LogP contribution is 2.29. The van der Waals surface area contributed by atoms with Crippen LogP contribution in [0.1, 0.15) is 22.7 Å². The number of carbonyl (C=O) groups is 2. The molecule has 0 aliphatic carbocycles. The number of nitrogens with zero attached hydrogens (tertiary/aromatic N) is 1. The van der Waals surface area contributed by atoms with E-state index in [1.54, 1.807) is 7.11 Å². The van der Waals surface area contributed by atoms with Crippen molar-refractivity contribution < 1.29 is 19.1 Å². The number of ether oxygens (including phenoxy) is 2. The average molecular weight is 397 g/mol. The van der Waals surface area contributed by atoms with E-state index < -0.39 is 11.8 Å². The Bertz CT molecular complexity index is 882. The summed E-state index contributed by atoms with van der Waals surface area (Å²) in [5, 5.41) is 5.38. The number of methoxy groups -OCH3 is 1. The second kappa shape index (κ2) is 9.43. The summed E-state index contributed by atoms with van der Waals surface area (Å²) in [6.07, 6.45) is 0.891. The molecule has 1 atom stereocenters. The zero-order valence-corrected chi connectivity index (χ0v) is 17.0. The van der Waals surface area contributed by atoms with Crippen molar-refractivity contribution in [3.05, 3.63) is 59.2 Å². The van der Waals surface area contributed by atoms with Crippen molar-refractivity contribution >= 4 is 11.8 Å². The second-order valence-corrected chi connectivity index (χ2v) is 7.19. The van der Waals surface area contributed by atoms with Gasteiger partial charge in [0.1, 0.15) is 11.5 Å². The Labute approximate surface area is 171 Å². The molecular formula is C22H27N3O4. The monoisotopic (exact) mass is 397 g/mol. The molecule has 1 unspecified atom stereocenters. The molecule has 29 heavy (non-hydrogen) atoms. The van der Waals surface area contributed by atoms with Crippen molar-refractivity contribution in [1.29, 1.82) is 0 Å². The van der Waals surface area contributed by atoms with E-state index in [9.17, 15) is 9.59 Å². The summed E-state index contributed by atoms with van der Waals surface area (Å²) in [4.78, 5) is 26.4. The highest BCUT2D eigenvalue weighted by molar-refractivity contribution is 6.35. The van der Waals surface area contributed by atoms with Gasteiger partial charge in [0.25, 0.3) is 0 Å². The Morgan fingerprint density at radius 2 is 1.93 bits per heavy atom. The summed E-state index contributed by atoms with van der Waals surface area (Å²) in [5.41, 5.74) is 3.12. The van der Waals surface area contributed by atoms with Gasteiger partial charge in [-0.1, -0.05) is 24.3 Å². The highest BCUT2D eigenvalue weighted by atomic mass is 16.5. The van der Waals surface area contributed by atoms with E-state index in [4.69, 9.17) is 9.47 Å². The lowest BCUT2D eigenvalue weighted by Crippen LogP contribution is -2.42. The van der Waals surface area contributed by atoms with Crippen molar-refractivity contribution in [2.45, 2.75) is 19.0 Å². The maximum Gasteiger partial charge on any atom is 0.309 e. The van der Waals surface area contributed by atoms with Crippen molar-refractivity contribution in [2.75, 3.05) is 34.4 Å². The van der Waals surface area contributed by atoms with Gasteiger partial charge in [0.05, 0.1) is 19.8 Å². The molecule has 1 heterocycles. The molecule has 2 aromatic rings. The van der Waals surface area contributed by atoms with Crippen LogP contribution in [0.25, 0.3) is 0 Å². The van der Waals surface area contributed by atoms with Crippen LogP contribution in [0.2, 0.25) is 0 Å². The quantitative estimate of drug-likeness (QED) is 0.695. The van der Waals surface area contributed by atoms with Gasteiger partial charge >= 0.3 is 11.8 Å². The van der Waals surface area contributed by atoms with Crippen molar-refractivity contribution in [1.82, 2.24) is 15.5 Å². The first-order valence-corrected chi connectivity index (χ1v) is 9.59. The topological polar surface area (TPSA) is 79.9 Å². The zero-order valence-electron chi connectivity index (χ0n) is 17.0. The van der Waals surface area contributed by atoms with Crippen LogP contribution in [0.3, 0.4) is 0 Å². The highest BCUT2D eigenvalue weighted by Gasteiger charge is 2.21. The molecule has 0 bridgehead atoms. The van der Waals surface area contributed by atoms with E-state index >= 15 is 0 Å². The largest absolute Gasteiger partial charge is 0.497 e. The Morgan fingerprint density at radius 1 is 1.14 bits per heavy atom. The molecule has 0 radical (unpaired) electrons. The van der Waals surface area contributed by atoms with Crippen molar-refractivity contribution in [3.63, 3.8) is 0 Å². The minimum Gasteiger partial charge on any atom is -0.497 e. The summed E-state index contributed by atoms with van der Waals surface area (Å²) in [7, 11) is 5.48. The number of hydrogen-bond donors (Lipinski definition) is 2. The standard InChI is InChI=1S/C22H27N3O4/c1-25(2)19(16-7-8-20-17(12-16)9-10-29-20)14-24-22(27)21(26)23-13-15-5-4-6-18(11-15)28-3/h4-8,11-12,19H,9-10,13-14H2,1-3H3,(H,23,26)(H,24,27). The molecule has 2 amide bonds. The summed E-state index contributed by atoms with van der Waals surface area (Å²) in [5.74, 6) is 0.318. The van der Waals surface area contributed by atoms with Gasteiger partial charge in [-0.25, -0.2) is 0 Å². The second-order valence-electron chi connectivity index (χ2n) is 7.19. The van der Waals surface area contributed by atoms with E-state index in [0.717, 1.165) is 23.3 Å². The van der Waals surface area contributed by atoms with E-state index in [2.05, 4.69) is 16.7 Å². The van der Waals surface area contributed by atoms with Gasteiger partial charge in [0, 0.05) is 19.5 Å². The van der Waals surface area contributed by atoms with Crippen LogP contribution in [0.5, 0.6) is 11.5 Å². The number of likely N-dealkylation sites (N-methyl/N-ethyl adjacent to an activating group) is 1. The average Bonchev–Trinajstić information content (AvgIpc) is 3.20. The van der Waals surface area contributed by atoms with Crippen LogP contribution < -0.4 is 20.1 Å². The number of hydrogen-bond acceptors (Lipinski definition) is 5. The molecule has 0 fully saturated rings. The van der Waals surface area contributed by atoms with E-state index in [1.807, 2.05) is 55.4 Å². The molecule has 7 nitrogen and oxygen atoms in total. The first-order valence-electron chi connectivity index (χ1n) is 9.59. The molecule has 0 saturated heterocycles. The SMILES string of the molecule is COc1cccc(CNC(=O)C(=O)NCC(c2ccc3c(c2)CCO3)N(C)C)c1. The van der Waals surface area contributed by atoms with Gasteiger partial charge in [0.15, 0.2) is 0 Å². The number of fused-ring (bicyclic) bond motifs is 1. The maximum absolute atomic E-state index is 12.2. The lowest BCUT2D eigenvalue weighted by molar-refractivity contribution is -0.139. The van der Waals surface area contributed by atoms with Gasteiger partial charge in [-0.2, -0.15) is 0 Å². The van der Waals surface area contributed by atoms with Gasteiger partial charge in [-0.05, 0) is 49.0 Å². The fourth-order valence-electron chi connectivity index (χ4n) is 3.33. The Kier molecular flexibility index (Phi) is 6.72. The summed E-state index contributed by atoms with van der Waals surface area (Å²) < 4.78 is 10.7. The molecule has 2 aromatic carbocycles. The smallest absolute Gasteiger partial charge is 0.309 e. The number of amides is 2. The molecule has 7 heteroatoms. The molecule has 154 valence electrons. The molecule has 0 saturated carbocycles. The van der Waals surface area contributed by atoms with Crippen LogP contribution in [0.4, 0.5) is 0 Å². The minimum absolute atomic E-state index is 0.0453. The molecule has 2 N–H and O–H groups in total. The zero-order chi connectivity index (χ0) is 20.8. The predicted molar refractivity (Wildman–Crippen MR) is 110 cm³/mol. The molecule has 0 spiro atoms. The Balaban J connectivity index is 1.55. The van der Waals surface area contributed by atoms with Gasteiger partial charge in [-0.15, -0.1) is 0 Å². The van der Waals surface area contributed by atoms with E-state index in [0.29, 0.717) is 18.9 Å². The van der Waals surface area contributed by atoms with Gasteiger partial charge in [-0.3, -0.25) is 9.59 Å². The van der Waals surface area contributed by atoms with Gasteiger partial charge in [0.2, 0.25) is 0 Å². The summed E-state index contributed by atoms with van der Waals surface area (Å²) >= 11 is 0. The van der Waals surface area contributed by atoms with Crippen molar-refractivity contribution in [2.24, 2.45) is 0 Å². The first kappa shape index (κ1) is 20.7. The fourth-order valence-corrected chi connectivity index (χ4v) is 3.33. The lowest BCUT2D eigenvalue weighted by Gasteiger charge is -2.25.